The molecule has 1 aliphatic rings. The molecule has 94 valence electrons. The second kappa shape index (κ2) is 5.50. The minimum Gasteiger partial charge on any atom is -0.373 e. The van der Waals surface area contributed by atoms with Gasteiger partial charge in [-0.3, -0.25) is 4.90 Å². The van der Waals surface area contributed by atoms with E-state index in [1.165, 1.54) is 31.5 Å². The highest BCUT2D eigenvalue weighted by atomic mass is 15.2. The minimum absolute atomic E-state index is 0.579. The van der Waals surface area contributed by atoms with Gasteiger partial charge in [0.05, 0.1) is 0 Å². The van der Waals surface area contributed by atoms with Gasteiger partial charge in [0.2, 0.25) is 0 Å². The summed E-state index contributed by atoms with van der Waals surface area (Å²) in [6.45, 7) is 7.00. The third-order valence-corrected chi connectivity index (χ3v) is 3.39. The van der Waals surface area contributed by atoms with Crippen molar-refractivity contribution in [3.63, 3.8) is 0 Å². The van der Waals surface area contributed by atoms with Crippen molar-refractivity contribution in [2.45, 2.75) is 32.7 Å². The Kier molecular flexibility index (Phi) is 4.00. The fourth-order valence-electron chi connectivity index (χ4n) is 2.64. The van der Waals surface area contributed by atoms with Gasteiger partial charge in [0.1, 0.15) is 5.82 Å². The van der Waals surface area contributed by atoms with E-state index >= 15 is 0 Å². The highest BCUT2D eigenvalue weighted by Gasteiger charge is 2.26. The number of hydrogen-bond acceptors (Lipinski definition) is 3. The SMILES string of the molecule is CNc1ccc(C2CCCN2CC(C)C)cn1. The van der Waals surface area contributed by atoms with E-state index in [9.17, 15) is 0 Å². The van der Waals surface area contributed by atoms with Gasteiger partial charge in [0, 0.05) is 25.8 Å². The fraction of sp³-hybridized carbons (Fsp3) is 0.643. The van der Waals surface area contributed by atoms with Crippen molar-refractivity contribution in [3.05, 3.63) is 23.9 Å². The first-order chi connectivity index (χ1) is 8.20. The van der Waals surface area contributed by atoms with Crippen LogP contribution in [-0.2, 0) is 0 Å². The molecular weight excluding hydrogens is 210 g/mol. The first kappa shape index (κ1) is 12.4. The lowest BCUT2D eigenvalue weighted by Crippen LogP contribution is -2.27. The Morgan fingerprint density at radius 3 is 2.88 bits per heavy atom. The number of rotatable bonds is 4. The number of likely N-dealkylation sites (tertiary alicyclic amines) is 1. The molecule has 3 heteroatoms. The molecule has 0 amide bonds. The Morgan fingerprint density at radius 2 is 2.29 bits per heavy atom. The normalized spacial score (nSPS) is 21.1. The third kappa shape index (κ3) is 2.97. The summed E-state index contributed by atoms with van der Waals surface area (Å²) in [5.74, 6) is 1.68. The highest BCUT2D eigenvalue weighted by Crippen LogP contribution is 2.32. The molecule has 0 aliphatic carbocycles. The van der Waals surface area contributed by atoms with Crippen molar-refractivity contribution >= 4 is 5.82 Å². The molecule has 0 aromatic carbocycles. The summed E-state index contributed by atoms with van der Waals surface area (Å²) in [4.78, 5) is 7.02. The molecule has 1 unspecified atom stereocenters. The van der Waals surface area contributed by atoms with Gasteiger partial charge in [-0.05, 0) is 36.9 Å². The smallest absolute Gasteiger partial charge is 0.125 e. The molecule has 0 spiro atoms. The Balaban J connectivity index is 2.08. The van der Waals surface area contributed by atoms with Crippen LogP contribution in [0.4, 0.5) is 5.82 Å². The van der Waals surface area contributed by atoms with Gasteiger partial charge in [0.15, 0.2) is 0 Å². The van der Waals surface area contributed by atoms with Crippen LogP contribution in [0.5, 0.6) is 0 Å². The molecule has 3 nitrogen and oxygen atoms in total. The Morgan fingerprint density at radius 1 is 1.47 bits per heavy atom. The molecule has 1 aromatic heterocycles. The lowest BCUT2D eigenvalue weighted by molar-refractivity contribution is 0.228. The van der Waals surface area contributed by atoms with Crippen molar-refractivity contribution in [1.29, 1.82) is 0 Å². The van der Waals surface area contributed by atoms with Crippen LogP contribution < -0.4 is 5.32 Å². The Hall–Kier alpha value is -1.09. The lowest BCUT2D eigenvalue weighted by Gasteiger charge is -2.26. The highest BCUT2D eigenvalue weighted by molar-refractivity contribution is 5.35. The first-order valence-electron chi connectivity index (χ1n) is 6.58. The standard InChI is InChI=1S/C14H23N3/c1-11(2)10-17-8-4-5-13(17)12-6-7-14(15-3)16-9-12/h6-7,9,11,13H,4-5,8,10H2,1-3H3,(H,15,16). The average molecular weight is 233 g/mol. The third-order valence-electron chi connectivity index (χ3n) is 3.39. The second-order valence-corrected chi connectivity index (χ2v) is 5.27. The van der Waals surface area contributed by atoms with Crippen LogP contribution >= 0.6 is 0 Å². The topological polar surface area (TPSA) is 28.2 Å². The van der Waals surface area contributed by atoms with Gasteiger partial charge >= 0.3 is 0 Å². The quantitative estimate of drug-likeness (QED) is 0.866. The largest absolute Gasteiger partial charge is 0.373 e. The summed E-state index contributed by atoms with van der Waals surface area (Å²) in [7, 11) is 1.91. The maximum atomic E-state index is 4.42. The van der Waals surface area contributed by atoms with Gasteiger partial charge in [0.25, 0.3) is 0 Å². The number of aromatic nitrogens is 1. The van der Waals surface area contributed by atoms with Crippen molar-refractivity contribution < 1.29 is 0 Å². The van der Waals surface area contributed by atoms with E-state index in [1.54, 1.807) is 0 Å². The monoisotopic (exact) mass is 233 g/mol. The second-order valence-electron chi connectivity index (χ2n) is 5.27. The van der Waals surface area contributed by atoms with E-state index in [4.69, 9.17) is 0 Å². The molecule has 1 aliphatic heterocycles. The molecule has 1 atom stereocenters. The van der Waals surface area contributed by atoms with Crippen LogP contribution in [0.2, 0.25) is 0 Å². The minimum atomic E-state index is 0.579. The predicted octanol–water partition coefficient (Wildman–Crippen LogP) is 2.92. The molecule has 2 heterocycles. The van der Waals surface area contributed by atoms with E-state index < -0.39 is 0 Å². The van der Waals surface area contributed by atoms with Crippen molar-refractivity contribution in [2.75, 3.05) is 25.5 Å². The van der Waals surface area contributed by atoms with Gasteiger partial charge in [-0.15, -0.1) is 0 Å². The summed E-state index contributed by atoms with van der Waals surface area (Å²) < 4.78 is 0. The van der Waals surface area contributed by atoms with E-state index in [0.29, 0.717) is 6.04 Å². The molecule has 17 heavy (non-hydrogen) atoms. The summed E-state index contributed by atoms with van der Waals surface area (Å²) >= 11 is 0. The number of pyridine rings is 1. The zero-order valence-corrected chi connectivity index (χ0v) is 11.1. The Labute approximate surface area is 104 Å². The van der Waals surface area contributed by atoms with Crippen molar-refractivity contribution in [3.8, 4) is 0 Å². The lowest BCUT2D eigenvalue weighted by atomic mass is 10.1. The number of nitrogens with one attached hydrogen (secondary N) is 1. The van der Waals surface area contributed by atoms with Crippen LogP contribution in [0, 0.1) is 5.92 Å². The molecule has 1 N–H and O–H groups in total. The number of anilines is 1. The predicted molar refractivity (Wildman–Crippen MR) is 72.2 cm³/mol. The molecule has 0 saturated carbocycles. The maximum absolute atomic E-state index is 4.42. The molecule has 0 radical (unpaired) electrons. The van der Waals surface area contributed by atoms with Gasteiger partial charge in [-0.2, -0.15) is 0 Å². The van der Waals surface area contributed by atoms with E-state index in [-0.39, 0.29) is 0 Å². The van der Waals surface area contributed by atoms with Gasteiger partial charge in [-0.25, -0.2) is 4.98 Å². The number of nitrogens with zero attached hydrogens (tertiary/aromatic N) is 2. The summed E-state index contributed by atoms with van der Waals surface area (Å²) in [6.07, 6.45) is 4.60. The summed E-state index contributed by atoms with van der Waals surface area (Å²) in [6, 6.07) is 4.86. The molecular formula is C14H23N3. The van der Waals surface area contributed by atoms with E-state index in [1.807, 2.05) is 13.2 Å². The van der Waals surface area contributed by atoms with Crippen LogP contribution in [0.15, 0.2) is 18.3 Å². The Bertz CT molecular complexity index is 345. The van der Waals surface area contributed by atoms with Gasteiger partial charge < -0.3 is 5.32 Å². The van der Waals surface area contributed by atoms with Crippen LogP contribution in [0.1, 0.15) is 38.3 Å². The number of hydrogen-bond donors (Lipinski definition) is 1. The molecule has 2 rings (SSSR count). The molecule has 1 fully saturated rings. The van der Waals surface area contributed by atoms with E-state index in [2.05, 4.69) is 41.2 Å². The zero-order chi connectivity index (χ0) is 12.3. The van der Waals surface area contributed by atoms with Crippen LogP contribution in [0.3, 0.4) is 0 Å². The maximum Gasteiger partial charge on any atom is 0.125 e. The fourth-order valence-corrected chi connectivity index (χ4v) is 2.64. The van der Waals surface area contributed by atoms with Crippen LogP contribution in [0.25, 0.3) is 0 Å². The van der Waals surface area contributed by atoms with Crippen molar-refractivity contribution in [2.24, 2.45) is 5.92 Å². The van der Waals surface area contributed by atoms with Crippen LogP contribution in [-0.4, -0.2) is 30.0 Å². The zero-order valence-electron chi connectivity index (χ0n) is 11.1. The molecule has 1 aromatic rings. The molecule has 1 saturated heterocycles. The summed E-state index contributed by atoms with van der Waals surface area (Å²) in [5, 5.41) is 3.06. The van der Waals surface area contributed by atoms with Crippen molar-refractivity contribution in [1.82, 2.24) is 9.88 Å². The molecule has 0 bridgehead atoms. The first-order valence-corrected chi connectivity index (χ1v) is 6.58. The summed E-state index contributed by atoms with van der Waals surface area (Å²) in [5.41, 5.74) is 1.36. The van der Waals surface area contributed by atoms with Gasteiger partial charge in [-0.1, -0.05) is 19.9 Å². The average Bonchev–Trinajstić information content (AvgIpc) is 2.76. The van der Waals surface area contributed by atoms with E-state index in [0.717, 1.165) is 11.7 Å².